The first kappa shape index (κ1) is 21.0. The second-order valence-corrected chi connectivity index (χ2v) is 7.66. The molecule has 1 atom stereocenters. The summed E-state index contributed by atoms with van der Waals surface area (Å²) in [6.45, 7) is 2.54. The monoisotopic (exact) mass is 437 g/mol. The highest BCUT2D eigenvalue weighted by atomic mass is 35.5. The predicted molar refractivity (Wildman–Crippen MR) is 119 cm³/mol. The van der Waals surface area contributed by atoms with Crippen molar-refractivity contribution >= 4 is 17.2 Å². The van der Waals surface area contributed by atoms with E-state index in [9.17, 15) is 9.18 Å². The van der Waals surface area contributed by atoms with Crippen LogP contribution in [0.15, 0.2) is 77.7 Å². The third kappa shape index (κ3) is 5.10. The Morgan fingerprint density at radius 2 is 1.94 bits per heavy atom. The van der Waals surface area contributed by atoms with Crippen molar-refractivity contribution in [2.75, 3.05) is 6.61 Å². The molecule has 1 unspecified atom stereocenters. The number of pyridine rings is 1. The summed E-state index contributed by atoms with van der Waals surface area (Å²) in [4.78, 5) is 17.0. The second kappa shape index (κ2) is 9.29. The molecule has 2 aromatic carbocycles. The van der Waals surface area contributed by atoms with Gasteiger partial charge in [-0.1, -0.05) is 41.9 Å². The molecular weight excluding hydrogens is 417 g/mol. The molecule has 0 saturated heterocycles. The van der Waals surface area contributed by atoms with Crippen molar-refractivity contribution in [2.24, 2.45) is 0 Å². The number of rotatable bonds is 7. The first-order valence-corrected chi connectivity index (χ1v) is 10.2. The normalized spacial score (nSPS) is 12.1. The Labute approximate surface area is 184 Å². The first-order chi connectivity index (χ1) is 15.0. The van der Waals surface area contributed by atoms with Crippen LogP contribution in [0.1, 0.15) is 22.9 Å². The van der Waals surface area contributed by atoms with Crippen molar-refractivity contribution in [1.29, 1.82) is 0 Å². The summed E-state index contributed by atoms with van der Waals surface area (Å²) in [5.41, 5.74) is 2.79. The van der Waals surface area contributed by atoms with Crippen molar-refractivity contribution < 1.29 is 9.13 Å². The number of halogens is 2. The molecule has 4 rings (SSSR count). The van der Waals surface area contributed by atoms with Gasteiger partial charge in [0.15, 0.2) is 0 Å². The quantitative estimate of drug-likeness (QED) is 0.455. The minimum atomic E-state index is -0.479. The maximum Gasteiger partial charge on any atom is 0.258 e. The van der Waals surface area contributed by atoms with Gasteiger partial charge < -0.3 is 10.1 Å². The lowest BCUT2D eigenvalue weighted by Crippen LogP contribution is -2.28. The van der Waals surface area contributed by atoms with Crippen LogP contribution in [0.4, 0.5) is 4.39 Å². The summed E-state index contributed by atoms with van der Waals surface area (Å²) in [6.07, 6.45) is 1.76. The molecule has 0 saturated carbocycles. The Hall–Kier alpha value is -3.22. The van der Waals surface area contributed by atoms with Crippen LogP contribution < -0.4 is 15.6 Å². The van der Waals surface area contributed by atoms with Crippen molar-refractivity contribution in [3.8, 4) is 5.75 Å². The number of aromatic nitrogens is 2. The number of para-hydroxylation sites is 1. The molecule has 158 valence electrons. The number of nitrogens with one attached hydrogen (secondary N) is 1. The smallest absolute Gasteiger partial charge is 0.258 e. The van der Waals surface area contributed by atoms with Crippen LogP contribution in [0, 0.1) is 12.7 Å². The molecule has 4 aromatic rings. The van der Waals surface area contributed by atoms with E-state index in [2.05, 4.69) is 10.3 Å². The van der Waals surface area contributed by atoms with Crippen LogP contribution >= 0.6 is 11.6 Å². The third-order valence-corrected chi connectivity index (χ3v) is 5.19. The average molecular weight is 438 g/mol. The van der Waals surface area contributed by atoms with Gasteiger partial charge in [-0.2, -0.15) is 0 Å². The maximum absolute atomic E-state index is 13.7. The molecule has 0 spiro atoms. The van der Waals surface area contributed by atoms with E-state index in [0.717, 1.165) is 16.9 Å². The largest absolute Gasteiger partial charge is 0.492 e. The molecule has 0 fully saturated rings. The van der Waals surface area contributed by atoms with Crippen LogP contribution in [0.2, 0.25) is 5.02 Å². The fourth-order valence-corrected chi connectivity index (χ4v) is 3.46. The molecule has 31 heavy (non-hydrogen) atoms. The van der Waals surface area contributed by atoms with Gasteiger partial charge in [-0.15, -0.1) is 0 Å². The van der Waals surface area contributed by atoms with Gasteiger partial charge in [-0.25, -0.2) is 9.37 Å². The van der Waals surface area contributed by atoms with E-state index in [-0.39, 0.29) is 23.2 Å². The predicted octanol–water partition coefficient (Wildman–Crippen LogP) is 4.71. The number of aryl methyl sites for hydroxylation is 1. The summed E-state index contributed by atoms with van der Waals surface area (Å²) in [7, 11) is 0. The lowest BCUT2D eigenvalue weighted by Gasteiger charge is -2.20. The summed E-state index contributed by atoms with van der Waals surface area (Å²) in [6, 6.07) is 18.9. The van der Waals surface area contributed by atoms with Crippen molar-refractivity contribution in [3.05, 3.63) is 111 Å². The zero-order valence-corrected chi connectivity index (χ0v) is 17.6. The fraction of sp³-hybridized carbons (Fsp3) is 0.167. The van der Waals surface area contributed by atoms with Gasteiger partial charge in [0.1, 0.15) is 23.8 Å². The molecule has 5 nitrogen and oxygen atoms in total. The van der Waals surface area contributed by atoms with E-state index >= 15 is 0 Å². The van der Waals surface area contributed by atoms with Gasteiger partial charge in [-0.3, -0.25) is 9.20 Å². The van der Waals surface area contributed by atoms with Gasteiger partial charge >= 0.3 is 0 Å². The average Bonchev–Trinajstić information content (AvgIpc) is 2.77. The topological polar surface area (TPSA) is 55.6 Å². The molecule has 0 bridgehead atoms. The van der Waals surface area contributed by atoms with E-state index in [0.29, 0.717) is 17.9 Å². The zero-order chi connectivity index (χ0) is 21.8. The lowest BCUT2D eigenvalue weighted by atomic mass is 10.1. The van der Waals surface area contributed by atoms with Gasteiger partial charge in [0.05, 0.1) is 16.8 Å². The molecule has 0 aliphatic rings. The van der Waals surface area contributed by atoms with E-state index in [1.165, 1.54) is 16.5 Å². The highest BCUT2D eigenvalue weighted by molar-refractivity contribution is 6.30. The van der Waals surface area contributed by atoms with Crippen LogP contribution in [0.3, 0.4) is 0 Å². The lowest BCUT2D eigenvalue weighted by molar-refractivity contribution is 0.265. The summed E-state index contributed by atoms with van der Waals surface area (Å²) < 4.78 is 21.1. The van der Waals surface area contributed by atoms with E-state index in [1.54, 1.807) is 18.3 Å². The molecule has 2 aromatic heterocycles. The van der Waals surface area contributed by atoms with Gasteiger partial charge in [0.2, 0.25) is 0 Å². The highest BCUT2D eigenvalue weighted by Gasteiger charge is 2.15. The molecular formula is C24H21ClFN3O2. The van der Waals surface area contributed by atoms with E-state index in [4.69, 9.17) is 16.3 Å². The number of hydrogen-bond acceptors (Lipinski definition) is 4. The molecule has 0 aliphatic carbocycles. The van der Waals surface area contributed by atoms with E-state index < -0.39 is 5.82 Å². The third-order valence-electron chi connectivity index (χ3n) is 4.90. The van der Waals surface area contributed by atoms with Crippen LogP contribution in [-0.4, -0.2) is 16.0 Å². The standard InChI is InChI=1S/C24H21ClFN3O2/c1-16-7-10-23-28-18(12-24(30)29(23)14-16)13-27-22(15-31-19-5-3-2-4-6-19)17-8-9-21(26)20(25)11-17/h2-12,14,22,27H,13,15H2,1H3. The number of hydrogen-bond donors (Lipinski definition) is 1. The number of nitrogens with zero attached hydrogens (tertiary/aromatic N) is 2. The highest BCUT2D eigenvalue weighted by Crippen LogP contribution is 2.22. The Bertz CT molecular complexity index is 1260. The number of ether oxygens (including phenoxy) is 1. The molecule has 0 aliphatic heterocycles. The molecule has 0 radical (unpaired) electrons. The Morgan fingerprint density at radius 3 is 2.71 bits per heavy atom. The number of fused-ring (bicyclic) bond motifs is 1. The zero-order valence-electron chi connectivity index (χ0n) is 16.9. The Balaban J connectivity index is 1.56. The molecule has 0 amide bonds. The fourth-order valence-electron chi connectivity index (χ4n) is 3.27. The maximum atomic E-state index is 13.7. The van der Waals surface area contributed by atoms with Crippen molar-refractivity contribution in [3.63, 3.8) is 0 Å². The SMILES string of the molecule is Cc1ccc2nc(CNC(COc3ccccc3)c3ccc(F)c(Cl)c3)cc(=O)n2c1. The van der Waals surface area contributed by atoms with Crippen molar-refractivity contribution in [1.82, 2.24) is 14.7 Å². The molecule has 2 heterocycles. The minimum absolute atomic E-state index is 0.0430. The van der Waals surface area contributed by atoms with Crippen LogP contribution in [0.25, 0.3) is 5.65 Å². The van der Waals surface area contributed by atoms with Crippen LogP contribution in [0.5, 0.6) is 5.75 Å². The Kier molecular flexibility index (Phi) is 6.30. The second-order valence-electron chi connectivity index (χ2n) is 7.25. The van der Waals surface area contributed by atoms with Gasteiger partial charge in [0, 0.05) is 18.8 Å². The van der Waals surface area contributed by atoms with Crippen LogP contribution in [-0.2, 0) is 6.54 Å². The van der Waals surface area contributed by atoms with Crippen molar-refractivity contribution in [2.45, 2.75) is 19.5 Å². The van der Waals surface area contributed by atoms with Gasteiger partial charge in [0.25, 0.3) is 5.56 Å². The number of benzene rings is 2. The molecule has 7 heteroatoms. The minimum Gasteiger partial charge on any atom is -0.492 e. The summed E-state index contributed by atoms with van der Waals surface area (Å²) in [5, 5.41) is 3.40. The first-order valence-electron chi connectivity index (χ1n) is 9.85. The summed E-state index contributed by atoms with van der Waals surface area (Å²) in [5.74, 6) is 0.243. The van der Waals surface area contributed by atoms with Gasteiger partial charge in [-0.05, 0) is 48.4 Å². The molecule has 1 N–H and O–H groups in total. The Morgan fingerprint density at radius 1 is 1.13 bits per heavy atom. The van der Waals surface area contributed by atoms with E-state index in [1.807, 2.05) is 49.4 Å². The summed E-state index contributed by atoms with van der Waals surface area (Å²) >= 11 is 5.99.